The van der Waals surface area contributed by atoms with Crippen molar-refractivity contribution in [1.82, 2.24) is 0 Å². The third-order valence-corrected chi connectivity index (χ3v) is 2.58. The van der Waals surface area contributed by atoms with Crippen molar-refractivity contribution in [3.05, 3.63) is 24.3 Å². The second-order valence-corrected chi connectivity index (χ2v) is 3.92. The molecule has 0 saturated heterocycles. The van der Waals surface area contributed by atoms with Gasteiger partial charge in [-0.05, 0) is 30.5 Å². The van der Waals surface area contributed by atoms with E-state index in [0.29, 0.717) is 5.75 Å². The highest BCUT2D eigenvalue weighted by Crippen LogP contribution is 2.19. The summed E-state index contributed by atoms with van der Waals surface area (Å²) in [6.45, 7) is 0. The molecule has 0 heterocycles. The minimum atomic E-state index is -1.00. The summed E-state index contributed by atoms with van der Waals surface area (Å²) in [7, 11) is 0. The van der Waals surface area contributed by atoms with Crippen molar-refractivity contribution in [2.24, 2.45) is 0 Å². The minimum absolute atomic E-state index is 0.111. The maximum atomic E-state index is 11.2. The number of benzene rings is 1. The fourth-order valence-corrected chi connectivity index (χ4v) is 1.44. The number of esters is 1. The van der Waals surface area contributed by atoms with Gasteiger partial charge in [-0.3, -0.25) is 9.59 Å². The molecule has 0 atom stereocenters. The lowest BCUT2D eigenvalue weighted by atomic mass is 10.3. The van der Waals surface area contributed by atoms with Crippen molar-refractivity contribution in [3.8, 4) is 5.75 Å². The third kappa shape index (κ3) is 4.35. The average molecular weight is 240 g/mol. The second kappa shape index (κ2) is 6.17. The van der Waals surface area contributed by atoms with Crippen molar-refractivity contribution in [2.45, 2.75) is 17.7 Å². The molecule has 0 aliphatic heterocycles. The molecular formula is C11H12O4S. The van der Waals surface area contributed by atoms with E-state index in [0.717, 1.165) is 4.90 Å². The number of hydrogen-bond donors (Lipinski definition) is 1. The van der Waals surface area contributed by atoms with Gasteiger partial charge in [0.15, 0.2) is 0 Å². The van der Waals surface area contributed by atoms with Crippen molar-refractivity contribution >= 4 is 23.7 Å². The highest BCUT2D eigenvalue weighted by Gasteiger charge is 2.07. The molecule has 0 aromatic heterocycles. The van der Waals surface area contributed by atoms with Crippen LogP contribution in [-0.2, 0) is 9.59 Å². The molecule has 0 aliphatic carbocycles. The Bertz CT molecular complexity index is 372. The van der Waals surface area contributed by atoms with E-state index in [9.17, 15) is 9.59 Å². The van der Waals surface area contributed by atoms with Crippen LogP contribution in [0.5, 0.6) is 5.75 Å². The second-order valence-electron chi connectivity index (χ2n) is 3.04. The molecule has 0 radical (unpaired) electrons. The first kappa shape index (κ1) is 12.6. The van der Waals surface area contributed by atoms with Crippen LogP contribution in [-0.4, -0.2) is 23.3 Å². The molecule has 0 fully saturated rings. The molecule has 16 heavy (non-hydrogen) atoms. The van der Waals surface area contributed by atoms with Crippen LogP contribution in [0.2, 0.25) is 0 Å². The fourth-order valence-electron chi connectivity index (χ4n) is 1.04. The summed E-state index contributed by atoms with van der Waals surface area (Å²) in [5, 5.41) is 8.39. The average Bonchev–Trinajstić information content (AvgIpc) is 2.27. The molecule has 1 rings (SSSR count). The molecule has 86 valence electrons. The summed E-state index contributed by atoms with van der Waals surface area (Å²) in [5.74, 6) is -1.10. The Morgan fingerprint density at radius 1 is 1.25 bits per heavy atom. The number of thioether (sulfide) groups is 1. The van der Waals surface area contributed by atoms with Crippen molar-refractivity contribution in [1.29, 1.82) is 0 Å². The Hall–Kier alpha value is -1.49. The normalized spacial score (nSPS) is 9.81. The first-order chi connectivity index (χ1) is 7.61. The zero-order valence-electron chi connectivity index (χ0n) is 8.80. The van der Waals surface area contributed by atoms with Gasteiger partial charge in [-0.25, -0.2) is 0 Å². The molecule has 0 saturated carbocycles. The SMILES string of the molecule is CSc1ccc(OC(=O)CCC(=O)O)cc1. The van der Waals surface area contributed by atoms with Crippen LogP contribution in [0.1, 0.15) is 12.8 Å². The number of carbonyl (C=O) groups excluding carboxylic acids is 1. The molecule has 5 heteroatoms. The molecule has 1 N–H and O–H groups in total. The van der Waals surface area contributed by atoms with E-state index in [2.05, 4.69) is 0 Å². The van der Waals surface area contributed by atoms with Crippen LogP contribution in [0.4, 0.5) is 0 Å². The number of carboxylic acid groups (broad SMARTS) is 1. The molecule has 0 aliphatic rings. The third-order valence-electron chi connectivity index (χ3n) is 1.83. The van der Waals surface area contributed by atoms with Crippen molar-refractivity contribution < 1.29 is 19.4 Å². The largest absolute Gasteiger partial charge is 0.481 e. The van der Waals surface area contributed by atoms with Crippen molar-refractivity contribution in [2.75, 3.05) is 6.26 Å². The van der Waals surface area contributed by atoms with Gasteiger partial charge in [0.05, 0.1) is 12.8 Å². The standard InChI is InChI=1S/C11H12O4S/c1-16-9-4-2-8(3-5-9)15-11(14)7-6-10(12)13/h2-5H,6-7H2,1H3,(H,12,13). The molecular weight excluding hydrogens is 228 g/mol. The van der Waals surface area contributed by atoms with E-state index in [1.165, 1.54) is 0 Å². The fraction of sp³-hybridized carbons (Fsp3) is 0.273. The lowest BCUT2D eigenvalue weighted by Crippen LogP contribution is -2.10. The maximum Gasteiger partial charge on any atom is 0.311 e. The van der Waals surface area contributed by atoms with Crippen LogP contribution in [0.25, 0.3) is 0 Å². The van der Waals surface area contributed by atoms with E-state index in [1.54, 1.807) is 23.9 Å². The quantitative estimate of drug-likeness (QED) is 0.485. The van der Waals surface area contributed by atoms with E-state index >= 15 is 0 Å². The van der Waals surface area contributed by atoms with Crippen LogP contribution >= 0.6 is 11.8 Å². The van der Waals surface area contributed by atoms with Gasteiger partial charge in [-0.1, -0.05) is 0 Å². The molecule has 4 nitrogen and oxygen atoms in total. The summed E-state index contributed by atoms with van der Waals surface area (Å²) < 4.78 is 4.95. The molecule has 1 aromatic carbocycles. The number of carbonyl (C=O) groups is 2. The zero-order valence-corrected chi connectivity index (χ0v) is 9.62. The zero-order chi connectivity index (χ0) is 12.0. The molecule has 0 unspecified atom stereocenters. The minimum Gasteiger partial charge on any atom is -0.481 e. The molecule has 1 aromatic rings. The van der Waals surface area contributed by atoms with E-state index in [1.807, 2.05) is 18.4 Å². The van der Waals surface area contributed by atoms with Gasteiger partial charge in [0.1, 0.15) is 5.75 Å². The predicted octanol–water partition coefficient (Wildman–Crippen LogP) is 2.18. The van der Waals surface area contributed by atoms with Gasteiger partial charge in [0.25, 0.3) is 0 Å². The van der Waals surface area contributed by atoms with Gasteiger partial charge >= 0.3 is 11.9 Å². The van der Waals surface area contributed by atoms with Crippen LogP contribution in [0.3, 0.4) is 0 Å². The van der Waals surface area contributed by atoms with Crippen LogP contribution in [0.15, 0.2) is 29.2 Å². The van der Waals surface area contributed by atoms with Gasteiger partial charge in [0.2, 0.25) is 0 Å². The maximum absolute atomic E-state index is 11.2. The Kier molecular flexibility index (Phi) is 4.85. The summed E-state index contributed by atoms with van der Waals surface area (Å²) in [6, 6.07) is 7.05. The Labute approximate surface area is 97.6 Å². The smallest absolute Gasteiger partial charge is 0.311 e. The Morgan fingerprint density at radius 3 is 2.38 bits per heavy atom. The monoisotopic (exact) mass is 240 g/mol. The van der Waals surface area contributed by atoms with Gasteiger partial charge < -0.3 is 9.84 Å². The summed E-state index contributed by atoms with van der Waals surface area (Å²) >= 11 is 1.59. The highest BCUT2D eigenvalue weighted by molar-refractivity contribution is 7.98. The number of ether oxygens (including phenoxy) is 1. The number of hydrogen-bond acceptors (Lipinski definition) is 4. The summed E-state index contributed by atoms with van der Waals surface area (Å²) in [5.41, 5.74) is 0. The number of rotatable bonds is 5. The van der Waals surface area contributed by atoms with Crippen LogP contribution in [0, 0.1) is 0 Å². The van der Waals surface area contributed by atoms with E-state index < -0.39 is 11.9 Å². The van der Waals surface area contributed by atoms with Gasteiger partial charge in [-0.15, -0.1) is 11.8 Å². The van der Waals surface area contributed by atoms with Crippen LogP contribution < -0.4 is 4.74 Å². The molecule has 0 bridgehead atoms. The first-order valence-corrected chi connectivity index (χ1v) is 5.91. The summed E-state index contributed by atoms with van der Waals surface area (Å²) in [6.07, 6.45) is 1.63. The Balaban J connectivity index is 2.46. The van der Waals surface area contributed by atoms with E-state index in [-0.39, 0.29) is 12.8 Å². The highest BCUT2D eigenvalue weighted by atomic mass is 32.2. The van der Waals surface area contributed by atoms with Gasteiger partial charge in [-0.2, -0.15) is 0 Å². The first-order valence-electron chi connectivity index (χ1n) is 4.68. The topological polar surface area (TPSA) is 63.6 Å². The summed E-state index contributed by atoms with van der Waals surface area (Å²) in [4.78, 5) is 22.5. The lowest BCUT2D eigenvalue weighted by Gasteiger charge is -2.03. The predicted molar refractivity (Wildman–Crippen MR) is 60.7 cm³/mol. The molecule has 0 amide bonds. The van der Waals surface area contributed by atoms with Crippen molar-refractivity contribution in [3.63, 3.8) is 0 Å². The van der Waals surface area contributed by atoms with Gasteiger partial charge in [0, 0.05) is 4.90 Å². The molecule has 0 spiro atoms. The van der Waals surface area contributed by atoms with E-state index in [4.69, 9.17) is 9.84 Å². The Morgan fingerprint density at radius 2 is 1.88 bits per heavy atom. The lowest BCUT2D eigenvalue weighted by molar-refractivity contribution is -0.142. The number of aliphatic carboxylic acids is 1. The number of carboxylic acids is 1.